The van der Waals surface area contributed by atoms with Gasteiger partial charge in [-0.2, -0.15) is 0 Å². The first-order valence-electron chi connectivity index (χ1n) is 14.1. The van der Waals surface area contributed by atoms with Gasteiger partial charge in [-0.1, -0.05) is 53.2 Å². The lowest BCUT2D eigenvalue weighted by Crippen LogP contribution is -2.68. The van der Waals surface area contributed by atoms with Gasteiger partial charge in [0.25, 0.3) is 0 Å². The van der Waals surface area contributed by atoms with Crippen LogP contribution in [0.4, 0.5) is 0 Å². The van der Waals surface area contributed by atoms with Crippen LogP contribution in [0.2, 0.25) is 0 Å². The summed E-state index contributed by atoms with van der Waals surface area (Å²) in [6.07, 6.45) is 7.51. The number of carboxylic acids is 1. The summed E-state index contributed by atoms with van der Waals surface area (Å²) in [5.41, 5.74) is -0.214. The Morgan fingerprint density at radius 3 is 2.31 bits per heavy atom. The summed E-state index contributed by atoms with van der Waals surface area (Å²) < 4.78 is 0. The van der Waals surface area contributed by atoms with Gasteiger partial charge in [0.1, 0.15) is 0 Å². The lowest BCUT2D eigenvalue weighted by molar-refractivity contribution is -0.244. The average Bonchev–Trinajstić information content (AvgIpc) is 2.80. The molecule has 0 saturated heterocycles. The fourth-order valence-electron chi connectivity index (χ4n) is 11.0. The standard InChI is InChI=1S/C30H48O5/c1-17-9-12-30(25(34)35)14-13-28(5)19(23(30)18(17)2)7-8-22-26(3)15-20(32)24(33)27(4,16-31)21(26)10-11-29(22,28)6/h7,17-18,20-24,31-33H,8-16H2,1-6H3,(H,34,35)/t17-,18+,20+,21-,22+,23-,24+,26+,27+,28-,29-,30+/m0/s1. The van der Waals surface area contributed by atoms with Crippen LogP contribution < -0.4 is 0 Å². The number of hydrogen-bond donors (Lipinski definition) is 4. The molecule has 0 spiro atoms. The fraction of sp³-hybridized carbons (Fsp3) is 0.900. The third-order valence-electron chi connectivity index (χ3n) is 13.5. The largest absolute Gasteiger partial charge is 0.481 e. The Bertz CT molecular complexity index is 930. The molecule has 0 aliphatic heterocycles. The second kappa shape index (κ2) is 7.80. The molecule has 0 radical (unpaired) electrons. The molecule has 5 aliphatic carbocycles. The molecule has 4 fully saturated rings. The van der Waals surface area contributed by atoms with Crippen molar-refractivity contribution in [3.05, 3.63) is 11.6 Å². The maximum Gasteiger partial charge on any atom is 0.310 e. The number of fused-ring (bicyclic) bond motifs is 7. The summed E-state index contributed by atoms with van der Waals surface area (Å²) in [6.45, 7) is 13.6. The zero-order valence-corrected chi connectivity index (χ0v) is 22.7. The van der Waals surface area contributed by atoms with Crippen LogP contribution in [0.3, 0.4) is 0 Å². The van der Waals surface area contributed by atoms with Crippen molar-refractivity contribution in [2.75, 3.05) is 6.61 Å². The van der Waals surface area contributed by atoms with Gasteiger partial charge in [0.05, 0.1) is 24.2 Å². The third kappa shape index (κ3) is 2.95. The molecule has 0 aromatic heterocycles. The minimum atomic E-state index is -0.907. The number of hydrogen-bond acceptors (Lipinski definition) is 4. The number of aliphatic carboxylic acids is 1. The van der Waals surface area contributed by atoms with Crippen LogP contribution in [-0.2, 0) is 4.79 Å². The topological polar surface area (TPSA) is 98.0 Å². The molecule has 0 heterocycles. The van der Waals surface area contributed by atoms with Crippen LogP contribution in [0.15, 0.2) is 11.6 Å². The third-order valence-corrected chi connectivity index (χ3v) is 13.5. The molecular formula is C30H48O5. The smallest absolute Gasteiger partial charge is 0.310 e. The molecule has 5 aliphatic rings. The van der Waals surface area contributed by atoms with Crippen molar-refractivity contribution in [3.63, 3.8) is 0 Å². The van der Waals surface area contributed by atoms with Crippen molar-refractivity contribution in [3.8, 4) is 0 Å². The summed E-state index contributed by atoms with van der Waals surface area (Å²) in [5.74, 6) is 0.828. The molecule has 5 rings (SSSR count). The van der Waals surface area contributed by atoms with E-state index in [1.807, 2.05) is 6.92 Å². The molecular weight excluding hydrogens is 440 g/mol. The Kier molecular flexibility index (Phi) is 5.73. The summed E-state index contributed by atoms with van der Waals surface area (Å²) >= 11 is 0. The van der Waals surface area contributed by atoms with Gasteiger partial charge in [-0.25, -0.2) is 0 Å². The lowest BCUT2D eigenvalue weighted by Gasteiger charge is -2.71. The molecule has 12 atom stereocenters. The van der Waals surface area contributed by atoms with Gasteiger partial charge in [-0.3, -0.25) is 4.79 Å². The van der Waals surface area contributed by atoms with Gasteiger partial charge in [0, 0.05) is 5.41 Å². The van der Waals surface area contributed by atoms with E-state index >= 15 is 0 Å². The maximum atomic E-state index is 12.8. The second-order valence-corrected chi connectivity index (χ2v) is 14.5. The van der Waals surface area contributed by atoms with Crippen molar-refractivity contribution in [1.82, 2.24) is 0 Å². The van der Waals surface area contributed by atoms with Gasteiger partial charge in [0.15, 0.2) is 0 Å². The van der Waals surface area contributed by atoms with Gasteiger partial charge in [-0.05, 0) is 97.2 Å². The highest BCUT2D eigenvalue weighted by atomic mass is 16.4. The minimum Gasteiger partial charge on any atom is -0.481 e. The Labute approximate surface area is 211 Å². The number of carbonyl (C=O) groups is 1. The van der Waals surface area contributed by atoms with Crippen molar-refractivity contribution in [2.45, 2.75) is 105 Å². The Morgan fingerprint density at radius 2 is 1.69 bits per heavy atom. The molecule has 0 bridgehead atoms. The van der Waals surface area contributed by atoms with Crippen LogP contribution in [0.25, 0.3) is 0 Å². The van der Waals surface area contributed by atoms with E-state index in [0.717, 1.165) is 44.9 Å². The monoisotopic (exact) mass is 488 g/mol. The van der Waals surface area contributed by atoms with E-state index in [0.29, 0.717) is 24.2 Å². The highest BCUT2D eigenvalue weighted by Crippen LogP contribution is 2.75. The van der Waals surface area contributed by atoms with E-state index in [1.54, 1.807) is 0 Å². The highest BCUT2D eigenvalue weighted by molar-refractivity contribution is 5.76. The Hall–Kier alpha value is -0.910. The molecule has 5 heteroatoms. The van der Waals surface area contributed by atoms with Crippen LogP contribution in [-0.4, -0.2) is 45.2 Å². The molecule has 0 aromatic rings. The lowest BCUT2D eigenvalue weighted by atomic mass is 9.33. The van der Waals surface area contributed by atoms with Crippen molar-refractivity contribution in [1.29, 1.82) is 0 Å². The number of allylic oxidation sites excluding steroid dienone is 2. The number of rotatable bonds is 2. The van der Waals surface area contributed by atoms with E-state index in [4.69, 9.17) is 0 Å². The Balaban J connectivity index is 1.62. The van der Waals surface area contributed by atoms with Crippen LogP contribution in [0, 0.1) is 56.7 Å². The molecule has 5 nitrogen and oxygen atoms in total. The van der Waals surface area contributed by atoms with Crippen molar-refractivity contribution >= 4 is 5.97 Å². The predicted molar refractivity (Wildman–Crippen MR) is 135 cm³/mol. The number of aliphatic hydroxyl groups excluding tert-OH is 3. The van der Waals surface area contributed by atoms with Crippen molar-refractivity contribution < 1.29 is 25.2 Å². The predicted octanol–water partition coefficient (Wildman–Crippen LogP) is 5.03. The van der Waals surface area contributed by atoms with E-state index < -0.39 is 29.0 Å². The number of aliphatic hydroxyl groups is 3. The van der Waals surface area contributed by atoms with Crippen LogP contribution in [0.5, 0.6) is 0 Å². The zero-order chi connectivity index (χ0) is 25.8. The molecule has 0 aromatic carbocycles. The average molecular weight is 489 g/mol. The molecule has 4 N–H and O–H groups in total. The summed E-state index contributed by atoms with van der Waals surface area (Å²) in [5, 5.41) is 42.9. The number of carboxylic acid groups (broad SMARTS) is 1. The summed E-state index contributed by atoms with van der Waals surface area (Å²) in [4.78, 5) is 12.8. The van der Waals surface area contributed by atoms with E-state index in [1.165, 1.54) is 5.57 Å². The van der Waals surface area contributed by atoms with E-state index in [9.17, 15) is 25.2 Å². The van der Waals surface area contributed by atoms with Gasteiger partial charge in [0.2, 0.25) is 0 Å². The fourth-order valence-corrected chi connectivity index (χ4v) is 11.0. The summed E-state index contributed by atoms with van der Waals surface area (Å²) in [7, 11) is 0. The van der Waals surface area contributed by atoms with Crippen LogP contribution in [0.1, 0.15) is 92.9 Å². The molecule has 0 amide bonds. The SMILES string of the molecule is C[C@H]1[C@H]2C3=CC[C@@H]4[C@]5(C)C[C@@H](O)[C@@H](O)[C@](C)(CO)[C@H]5CC[C@]4(C)[C@@]3(C)CC[C@]2(C(=O)O)CC[C@@H]1C. The normalized spacial score (nSPS) is 57.7. The first-order chi connectivity index (χ1) is 16.2. The summed E-state index contributed by atoms with van der Waals surface area (Å²) in [6, 6.07) is 0. The first-order valence-corrected chi connectivity index (χ1v) is 14.1. The highest BCUT2D eigenvalue weighted by Gasteiger charge is 2.70. The van der Waals surface area contributed by atoms with Crippen molar-refractivity contribution in [2.24, 2.45) is 56.7 Å². The zero-order valence-electron chi connectivity index (χ0n) is 22.7. The van der Waals surface area contributed by atoms with Gasteiger partial charge < -0.3 is 20.4 Å². The Morgan fingerprint density at radius 1 is 1.00 bits per heavy atom. The molecule has 35 heavy (non-hydrogen) atoms. The molecule has 0 unspecified atom stereocenters. The molecule has 4 saturated carbocycles. The first kappa shape index (κ1) is 25.7. The second-order valence-electron chi connectivity index (χ2n) is 14.5. The van der Waals surface area contributed by atoms with Gasteiger partial charge >= 0.3 is 5.97 Å². The van der Waals surface area contributed by atoms with Gasteiger partial charge in [-0.15, -0.1) is 0 Å². The van der Waals surface area contributed by atoms with Crippen LogP contribution >= 0.6 is 0 Å². The minimum absolute atomic E-state index is 0.00815. The van der Waals surface area contributed by atoms with E-state index in [-0.39, 0.29) is 34.7 Å². The molecule has 198 valence electrons. The quantitative estimate of drug-likeness (QED) is 0.409. The maximum absolute atomic E-state index is 12.8. The van der Waals surface area contributed by atoms with E-state index in [2.05, 4.69) is 40.7 Å².